The molecule has 2 nitrogen and oxygen atoms in total. The van der Waals surface area contributed by atoms with Gasteiger partial charge < -0.3 is 4.90 Å². The molecule has 1 heterocycles. The first-order valence-electron chi connectivity index (χ1n) is 4.73. The third kappa shape index (κ3) is 1.67. The lowest BCUT2D eigenvalue weighted by Crippen LogP contribution is -2.25. The van der Waals surface area contributed by atoms with Crippen molar-refractivity contribution >= 4 is 39.9 Å². The molecule has 0 spiro atoms. The maximum absolute atomic E-state index is 13.3. The van der Waals surface area contributed by atoms with Gasteiger partial charge in [0.1, 0.15) is 12.2 Å². The summed E-state index contributed by atoms with van der Waals surface area (Å²) >= 11 is 4.54. The number of hydrogen-bond donors (Lipinski definition) is 0. The first-order chi connectivity index (χ1) is 7.25. The summed E-state index contributed by atoms with van der Waals surface area (Å²) in [5.74, 6) is -0.228. The zero-order valence-electron chi connectivity index (χ0n) is 7.78. The highest BCUT2D eigenvalue weighted by Crippen LogP contribution is 2.41. The van der Waals surface area contributed by atoms with Gasteiger partial charge >= 0.3 is 0 Å². The molecule has 2 aliphatic rings. The van der Waals surface area contributed by atoms with E-state index in [1.54, 1.807) is 0 Å². The van der Waals surface area contributed by atoms with Crippen LogP contribution in [0.4, 0.5) is 10.1 Å². The van der Waals surface area contributed by atoms with Gasteiger partial charge in [-0.2, -0.15) is 0 Å². The highest BCUT2D eigenvalue weighted by molar-refractivity contribution is 9.10. The molecule has 0 saturated heterocycles. The number of rotatable bonds is 1. The number of anilines is 1. The third-order valence-electron chi connectivity index (χ3n) is 2.54. The van der Waals surface area contributed by atoms with Crippen molar-refractivity contribution in [3.8, 4) is 0 Å². The predicted octanol–water partition coefficient (Wildman–Crippen LogP) is 3.61. The Balaban J connectivity index is 2.08. The van der Waals surface area contributed by atoms with Crippen LogP contribution in [-0.2, 0) is 0 Å². The molecule has 0 bridgehead atoms. The summed E-state index contributed by atoms with van der Waals surface area (Å²) in [6, 6.07) is 3.93. The van der Waals surface area contributed by atoms with Gasteiger partial charge in [-0.15, -0.1) is 0 Å². The number of hydrogen-bond acceptors (Lipinski definition) is 3. The van der Waals surface area contributed by atoms with Crippen LogP contribution in [0.1, 0.15) is 12.8 Å². The monoisotopic (exact) mass is 286 g/mol. The van der Waals surface area contributed by atoms with Crippen molar-refractivity contribution in [3.63, 3.8) is 0 Å². The van der Waals surface area contributed by atoms with E-state index in [2.05, 4.69) is 25.2 Å². The summed E-state index contributed by atoms with van der Waals surface area (Å²) in [5, 5.41) is 0. The second-order valence-electron chi connectivity index (χ2n) is 3.68. The molecule has 1 aromatic rings. The lowest BCUT2D eigenvalue weighted by atomic mass is 10.3. The smallest absolute Gasteiger partial charge is 0.138 e. The number of benzene rings is 1. The van der Waals surface area contributed by atoms with Crippen LogP contribution in [0, 0.1) is 5.82 Å². The van der Waals surface area contributed by atoms with Crippen LogP contribution in [-0.4, -0.2) is 12.4 Å². The SMILES string of the molecule is Fc1cc2c(cc1Br)N(C1CC1)C=NS2. The summed E-state index contributed by atoms with van der Waals surface area (Å²) in [6.07, 6.45) is 4.24. The lowest BCUT2D eigenvalue weighted by Gasteiger charge is -2.24. The van der Waals surface area contributed by atoms with Gasteiger partial charge in [0.2, 0.25) is 0 Å². The quantitative estimate of drug-likeness (QED) is 0.733. The fourth-order valence-electron chi connectivity index (χ4n) is 1.63. The van der Waals surface area contributed by atoms with E-state index in [1.165, 1.54) is 30.9 Å². The van der Waals surface area contributed by atoms with Crippen LogP contribution in [0.2, 0.25) is 0 Å². The Kier molecular flexibility index (Phi) is 2.25. The van der Waals surface area contributed by atoms with Gasteiger partial charge in [-0.1, -0.05) is 0 Å². The molecule has 0 radical (unpaired) electrons. The highest BCUT2D eigenvalue weighted by Gasteiger charge is 2.31. The Morgan fingerprint density at radius 2 is 2.27 bits per heavy atom. The fourth-order valence-corrected chi connectivity index (χ4v) is 2.64. The largest absolute Gasteiger partial charge is 0.328 e. The van der Waals surface area contributed by atoms with Crippen molar-refractivity contribution in [2.24, 2.45) is 4.40 Å². The molecule has 78 valence electrons. The maximum Gasteiger partial charge on any atom is 0.138 e. The summed E-state index contributed by atoms with van der Waals surface area (Å²) in [5.41, 5.74) is 1.06. The zero-order chi connectivity index (χ0) is 10.4. The molecular weight excluding hydrogens is 279 g/mol. The van der Waals surface area contributed by atoms with E-state index in [0.717, 1.165) is 10.6 Å². The van der Waals surface area contributed by atoms with Crippen molar-refractivity contribution in [2.75, 3.05) is 4.90 Å². The summed E-state index contributed by atoms with van der Waals surface area (Å²) < 4.78 is 18.0. The van der Waals surface area contributed by atoms with Crippen LogP contribution in [0.15, 0.2) is 25.9 Å². The van der Waals surface area contributed by atoms with Gasteiger partial charge in [0.05, 0.1) is 15.1 Å². The maximum atomic E-state index is 13.3. The van der Waals surface area contributed by atoms with E-state index in [0.29, 0.717) is 10.5 Å². The molecule has 1 aliphatic heterocycles. The summed E-state index contributed by atoms with van der Waals surface area (Å²) in [6.45, 7) is 0. The number of nitrogens with zero attached hydrogens (tertiary/aromatic N) is 2. The zero-order valence-corrected chi connectivity index (χ0v) is 10.2. The Bertz CT molecular complexity index is 445. The molecular formula is C10H8BrFN2S. The van der Waals surface area contributed by atoms with Crippen molar-refractivity contribution in [2.45, 2.75) is 23.8 Å². The minimum Gasteiger partial charge on any atom is -0.328 e. The van der Waals surface area contributed by atoms with E-state index >= 15 is 0 Å². The van der Waals surface area contributed by atoms with E-state index < -0.39 is 0 Å². The third-order valence-corrected chi connectivity index (χ3v) is 3.87. The Hall–Kier alpha value is -0.550. The van der Waals surface area contributed by atoms with Crippen LogP contribution >= 0.6 is 27.9 Å². The second-order valence-corrected chi connectivity index (χ2v) is 5.37. The Morgan fingerprint density at radius 3 is 3.00 bits per heavy atom. The lowest BCUT2D eigenvalue weighted by molar-refractivity contribution is 0.617. The summed E-state index contributed by atoms with van der Waals surface area (Å²) in [4.78, 5) is 3.03. The molecule has 0 unspecified atom stereocenters. The molecule has 15 heavy (non-hydrogen) atoms. The number of fused-ring (bicyclic) bond motifs is 1. The van der Waals surface area contributed by atoms with E-state index in [1.807, 2.05) is 12.4 Å². The molecule has 0 amide bonds. The van der Waals surface area contributed by atoms with Crippen molar-refractivity contribution in [1.82, 2.24) is 0 Å². The fraction of sp³-hybridized carbons (Fsp3) is 0.300. The second kappa shape index (κ2) is 3.49. The Morgan fingerprint density at radius 1 is 1.47 bits per heavy atom. The van der Waals surface area contributed by atoms with Gasteiger partial charge in [0.25, 0.3) is 0 Å². The molecule has 0 atom stereocenters. The van der Waals surface area contributed by atoms with Crippen molar-refractivity contribution in [1.29, 1.82) is 0 Å². The van der Waals surface area contributed by atoms with Gasteiger partial charge in [0, 0.05) is 18.0 Å². The van der Waals surface area contributed by atoms with Crippen LogP contribution in [0.3, 0.4) is 0 Å². The first-order valence-corrected chi connectivity index (χ1v) is 6.30. The molecule has 1 fully saturated rings. The standard InChI is InChI=1S/C10H8BrFN2S/c11-7-3-9-10(4-8(7)12)15-13-5-14(9)6-1-2-6/h3-6H,1-2H2. The molecule has 0 aromatic heterocycles. The molecule has 3 rings (SSSR count). The van der Waals surface area contributed by atoms with Gasteiger partial charge in [-0.25, -0.2) is 8.79 Å². The molecule has 0 N–H and O–H groups in total. The normalized spacial score (nSPS) is 19.2. The highest BCUT2D eigenvalue weighted by atomic mass is 79.9. The van der Waals surface area contributed by atoms with Crippen LogP contribution < -0.4 is 4.90 Å². The molecule has 1 saturated carbocycles. The predicted molar refractivity (Wildman–Crippen MR) is 64.0 cm³/mol. The minimum absolute atomic E-state index is 0.228. The summed E-state index contributed by atoms with van der Waals surface area (Å²) in [7, 11) is 0. The first kappa shape index (κ1) is 9.66. The number of halogens is 2. The van der Waals surface area contributed by atoms with Crippen molar-refractivity contribution < 1.29 is 4.39 Å². The molecule has 1 aliphatic carbocycles. The van der Waals surface area contributed by atoms with Crippen LogP contribution in [0.5, 0.6) is 0 Å². The molecule has 5 heteroatoms. The minimum atomic E-state index is -0.228. The topological polar surface area (TPSA) is 15.6 Å². The van der Waals surface area contributed by atoms with Crippen LogP contribution in [0.25, 0.3) is 0 Å². The van der Waals surface area contributed by atoms with Gasteiger partial charge in [0.15, 0.2) is 0 Å². The Labute approximate surface area is 99.8 Å². The van der Waals surface area contributed by atoms with E-state index in [4.69, 9.17) is 0 Å². The van der Waals surface area contributed by atoms with Gasteiger partial charge in [-0.05, 0) is 40.9 Å². The average Bonchev–Trinajstić information content (AvgIpc) is 3.02. The van der Waals surface area contributed by atoms with Gasteiger partial charge in [-0.3, -0.25) is 0 Å². The molecule has 1 aromatic carbocycles. The van der Waals surface area contributed by atoms with Crippen molar-refractivity contribution in [3.05, 3.63) is 22.4 Å². The van der Waals surface area contributed by atoms with E-state index in [-0.39, 0.29) is 5.82 Å². The van der Waals surface area contributed by atoms with E-state index in [9.17, 15) is 4.39 Å². The average molecular weight is 287 g/mol.